The molecule has 4 aliphatic carbocycles. The third-order valence-electron chi connectivity index (χ3n) is 8.12. The highest BCUT2D eigenvalue weighted by atomic mass is 35.5. The van der Waals surface area contributed by atoms with Gasteiger partial charge in [0.25, 0.3) is 0 Å². The Hall–Kier alpha value is -3.34. The fourth-order valence-electron chi connectivity index (χ4n) is 5.90. The molecule has 8 rings (SSSR count). The first-order valence-electron chi connectivity index (χ1n) is 12.7. The van der Waals surface area contributed by atoms with Gasteiger partial charge in [-0.1, -0.05) is 46.6 Å². The van der Waals surface area contributed by atoms with Crippen LogP contribution >= 0.6 is 23.2 Å². The number of benzene rings is 2. The summed E-state index contributed by atoms with van der Waals surface area (Å²) in [5.74, 6) is 0.899. The molecule has 37 heavy (non-hydrogen) atoms. The predicted octanol–water partition coefficient (Wildman–Crippen LogP) is 6.75. The molecule has 2 bridgehead atoms. The second-order valence-electron chi connectivity index (χ2n) is 10.8. The van der Waals surface area contributed by atoms with Crippen LogP contribution in [0.25, 0.3) is 10.9 Å². The van der Waals surface area contributed by atoms with Crippen LogP contribution in [-0.2, 0) is 0 Å². The molecule has 2 aromatic heterocycles. The Morgan fingerprint density at radius 1 is 1.14 bits per heavy atom. The van der Waals surface area contributed by atoms with Crippen molar-refractivity contribution in [3.63, 3.8) is 0 Å². The van der Waals surface area contributed by atoms with Gasteiger partial charge in [0, 0.05) is 28.8 Å². The molecule has 0 unspecified atom stereocenters. The van der Waals surface area contributed by atoms with E-state index in [9.17, 15) is 5.26 Å². The standard InChI is InChI=1S/C28H25Cl2N7/c29-22-4-2-1-3-20(22)27(24-14-37(36-35-24)19-5-6-19)34-18-7-21-25(33-15-28-9-16(10-28)11-28)17(12-31)13-32-26(21)23(30)8-18/h1-4,7-8,13-14,16,19,27,34H,5-6,9-11,15H2,(H,32,33)/t16?,27-,28?/m0/s1. The van der Waals surface area contributed by atoms with E-state index >= 15 is 0 Å². The van der Waals surface area contributed by atoms with Crippen molar-refractivity contribution in [2.24, 2.45) is 11.3 Å². The summed E-state index contributed by atoms with van der Waals surface area (Å²) in [5.41, 5.74) is 4.82. The predicted molar refractivity (Wildman–Crippen MR) is 145 cm³/mol. The van der Waals surface area contributed by atoms with E-state index in [1.165, 1.54) is 19.3 Å². The zero-order valence-electron chi connectivity index (χ0n) is 20.1. The minimum atomic E-state index is -0.334. The Bertz CT molecular complexity index is 1550. The summed E-state index contributed by atoms with van der Waals surface area (Å²) in [5, 5.41) is 27.9. The van der Waals surface area contributed by atoms with Crippen LogP contribution in [0.4, 0.5) is 11.4 Å². The smallest absolute Gasteiger partial charge is 0.110 e. The second-order valence-corrected chi connectivity index (χ2v) is 11.6. The Balaban J connectivity index is 1.28. The Morgan fingerprint density at radius 3 is 2.65 bits per heavy atom. The molecule has 4 aliphatic rings. The van der Waals surface area contributed by atoms with Crippen LogP contribution in [0.5, 0.6) is 0 Å². The zero-order chi connectivity index (χ0) is 25.1. The number of nitrogens with zero attached hydrogens (tertiary/aromatic N) is 5. The van der Waals surface area contributed by atoms with E-state index in [1.54, 1.807) is 6.20 Å². The first-order valence-corrected chi connectivity index (χ1v) is 13.5. The molecule has 9 heteroatoms. The fourth-order valence-corrected chi connectivity index (χ4v) is 6.41. The van der Waals surface area contributed by atoms with Crippen LogP contribution in [0, 0.1) is 22.7 Å². The molecular weight excluding hydrogens is 505 g/mol. The molecular formula is C28H25Cl2N7. The van der Waals surface area contributed by atoms with Crippen LogP contribution < -0.4 is 10.6 Å². The first kappa shape index (κ1) is 22.8. The second kappa shape index (κ2) is 8.61. The van der Waals surface area contributed by atoms with E-state index < -0.39 is 0 Å². The van der Waals surface area contributed by atoms with Gasteiger partial charge in [-0.15, -0.1) is 5.10 Å². The average Bonchev–Trinajstić information content (AvgIpc) is 3.58. The van der Waals surface area contributed by atoms with E-state index in [-0.39, 0.29) is 6.04 Å². The first-order chi connectivity index (χ1) is 18.0. The lowest BCUT2D eigenvalue weighted by atomic mass is 9.44. The number of fused-ring (bicyclic) bond motifs is 1. The van der Waals surface area contributed by atoms with Crippen molar-refractivity contribution in [2.75, 3.05) is 17.2 Å². The molecule has 0 spiro atoms. The van der Waals surface area contributed by atoms with Gasteiger partial charge in [-0.2, -0.15) is 5.26 Å². The minimum absolute atomic E-state index is 0.334. The van der Waals surface area contributed by atoms with Crippen LogP contribution in [0.2, 0.25) is 10.0 Å². The number of pyridine rings is 1. The molecule has 0 radical (unpaired) electrons. The summed E-state index contributed by atoms with van der Waals surface area (Å²) in [6.45, 7) is 0.860. The topological polar surface area (TPSA) is 91.5 Å². The molecule has 0 amide bonds. The molecule has 4 fully saturated rings. The van der Waals surface area contributed by atoms with Gasteiger partial charge in [0.05, 0.1) is 40.1 Å². The highest BCUT2D eigenvalue weighted by Crippen LogP contribution is 2.64. The maximum atomic E-state index is 9.84. The molecule has 7 nitrogen and oxygen atoms in total. The van der Waals surface area contributed by atoms with Crippen LogP contribution in [0.15, 0.2) is 48.8 Å². The molecule has 1 atom stereocenters. The van der Waals surface area contributed by atoms with Gasteiger partial charge in [-0.05, 0) is 67.2 Å². The van der Waals surface area contributed by atoms with Gasteiger partial charge in [0.1, 0.15) is 11.8 Å². The molecule has 2 heterocycles. The maximum absolute atomic E-state index is 9.84. The van der Waals surface area contributed by atoms with Gasteiger partial charge < -0.3 is 10.6 Å². The lowest BCUT2D eigenvalue weighted by molar-refractivity contribution is -0.0929. The van der Waals surface area contributed by atoms with Crippen molar-refractivity contribution in [3.8, 4) is 6.07 Å². The summed E-state index contributed by atoms with van der Waals surface area (Å²) >= 11 is 13.4. The SMILES string of the molecule is N#Cc1cnc2c(Cl)cc(N[C@H](c3cn(C4CC4)nn3)c3ccccc3Cl)cc2c1NCC12CC(C1)C2. The molecule has 186 valence electrons. The molecule has 2 N–H and O–H groups in total. The Kier molecular flexibility index (Phi) is 5.31. The van der Waals surface area contributed by atoms with Gasteiger partial charge in [0.2, 0.25) is 0 Å². The highest BCUT2D eigenvalue weighted by molar-refractivity contribution is 6.36. The maximum Gasteiger partial charge on any atom is 0.110 e. The summed E-state index contributed by atoms with van der Waals surface area (Å²) < 4.78 is 1.93. The molecule has 4 aromatic rings. The molecule has 4 saturated carbocycles. The van der Waals surface area contributed by atoms with Gasteiger partial charge >= 0.3 is 0 Å². The highest BCUT2D eigenvalue weighted by Gasteiger charge is 2.56. The number of nitrogens with one attached hydrogen (secondary N) is 2. The number of nitriles is 1. The lowest BCUT2D eigenvalue weighted by Gasteiger charge is -2.62. The number of aromatic nitrogens is 4. The van der Waals surface area contributed by atoms with Crippen LogP contribution in [-0.4, -0.2) is 26.5 Å². The summed E-state index contributed by atoms with van der Waals surface area (Å²) in [7, 11) is 0. The van der Waals surface area contributed by atoms with E-state index in [1.807, 2.05) is 47.3 Å². The van der Waals surface area contributed by atoms with Crippen molar-refractivity contribution < 1.29 is 0 Å². The van der Waals surface area contributed by atoms with E-state index in [0.29, 0.717) is 32.6 Å². The number of hydrogen-bond acceptors (Lipinski definition) is 6. The molecule has 0 saturated heterocycles. The zero-order valence-corrected chi connectivity index (χ0v) is 21.6. The van der Waals surface area contributed by atoms with Crippen molar-refractivity contribution in [1.29, 1.82) is 5.26 Å². The largest absolute Gasteiger partial charge is 0.383 e. The van der Waals surface area contributed by atoms with Crippen molar-refractivity contribution in [2.45, 2.75) is 44.2 Å². The van der Waals surface area contributed by atoms with Crippen LogP contribution in [0.3, 0.4) is 0 Å². The van der Waals surface area contributed by atoms with Gasteiger partial charge in [-0.3, -0.25) is 4.98 Å². The van der Waals surface area contributed by atoms with Crippen molar-refractivity contribution >= 4 is 45.5 Å². The number of hydrogen-bond donors (Lipinski definition) is 2. The van der Waals surface area contributed by atoms with Gasteiger partial charge in [0.15, 0.2) is 0 Å². The average molecular weight is 530 g/mol. The summed E-state index contributed by atoms with van der Waals surface area (Å²) in [6, 6.07) is 14.0. The third kappa shape index (κ3) is 4.00. The van der Waals surface area contributed by atoms with Crippen molar-refractivity contribution in [1.82, 2.24) is 20.0 Å². The molecule has 0 aliphatic heterocycles. The number of rotatable bonds is 8. The molecule has 2 aromatic carbocycles. The van der Waals surface area contributed by atoms with Crippen LogP contribution in [0.1, 0.15) is 61.0 Å². The summed E-state index contributed by atoms with van der Waals surface area (Å²) in [4.78, 5) is 4.51. The van der Waals surface area contributed by atoms with E-state index in [2.05, 4.69) is 32.0 Å². The Morgan fingerprint density at radius 2 is 1.95 bits per heavy atom. The van der Waals surface area contributed by atoms with E-state index in [0.717, 1.165) is 53.3 Å². The Labute approximate surface area is 224 Å². The normalized spacial score (nSPS) is 22.6. The monoisotopic (exact) mass is 529 g/mol. The number of anilines is 2. The van der Waals surface area contributed by atoms with E-state index in [4.69, 9.17) is 23.2 Å². The van der Waals surface area contributed by atoms with Gasteiger partial charge in [-0.25, -0.2) is 4.68 Å². The fraction of sp³-hybridized carbons (Fsp3) is 0.357. The third-order valence-corrected chi connectivity index (χ3v) is 8.75. The minimum Gasteiger partial charge on any atom is -0.383 e. The summed E-state index contributed by atoms with van der Waals surface area (Å²) in [6.07, 6.45) is 9.68. The van der Waals surface area contributed by atoms with Crippen molar-refractivity contribution in [3.05, 3.63) is 75.7 Å². The number of halogens is 2. The quantitative estimate of drug-likeness (QED) is 0.262. The lowest BCUT2D eigenvalue weighted by Crippen LogP contribution is -2.55.